The van der Waals surface area contributed by atoms with E-state index in [0.717, 1.165) is 29.7 Å². The maximum absolute atomic E-state index is 12.7. The largest absolute Gasteiger partial charge is 0.443 e. The lowest BCUT2D eigenvalue weighted by molar-refractivity contribution is 0.0577. The first-order chi connectivity index (χ1) is 13.1. The number of nitrogens with zero attached hydrogens (tertiary/aromatic N) is 2. The Bertz CT molecular complexity index is 714. The minimum absolute atomic E-state index is 0. The molecule has 7 nitrogen and oxygen atoms in total. The molecule has 1 aliphatic rings. The molecule has 1 unspecified atom stereocenters. The van der Waals surface area contributed by atoms with Gasteiger partial charge in [0.15, 0.2) is 5.96 Å². The number of anilines is 1. The molecule has 1 fully saturated rings. The van der Waals surface area contributed by atoms with Crippen molar-refractivity contribution in [2.24, 2.45) is 10.7 Å². The molecule has 8 heteroatoms. The molecular formula is C21H35IN4O3. The highest BCUT2D eigenvalue weighted by Crippen LogP contribution is 2.35. The lowest BCUT2D eigenvalue weighted by Crippen LogP contribution is -2.40. The fraction of sp³-hybridized carbons (Fsp3) is 0.619. The third kappa shape index (κ3) is 8.38. The minimum atomic E-state index is -0.517. The maximum Gasteiger partial charge on any atom is 0.415 e. The zero-order valence-corrected chi connectivity index (χ0v) is 20.7. The van der Waals surface area contributed by atoms with Gasteiger partial charge in [0.1, 0.15) is 5.60 Å². The number of guanidine groups is 1. The van der Waals surface area contributed by atoms with Crippen LogP contribution in [0.25, 0.3) is 0 Å². The zero-order chi connectivity index (χ0) is 20.9. The van der Waals surface area contributed by atoms with Gasteiger partial charge in [-0.2, -0.15) is 0 Å². The van der Waals surface area contributed by atoms with E-state index >= 15 is 0 Å². The number of hydrogen-bond donors (Lipinski definition) is 2. The number of amides is 1. The van der Waals surface area contributed by atoms with Crippen molar-refractivity contribution in [2.45, 2.75) is 71.7 Å². The van der Waals surface area contributed by atoms with Gasteiger partial charge in [0.2, 0.25) is 0 Å². The third-order valence-corrected chi connectivity index (χ3v) is 4.27. The molecular weight excluding hydrogens is 483 g/mol. The molecule has 29 heavy (non-hydrogen) atoms. The lowest BCUT2D eigenvalue weighted by Gasteiger charge is -2.28. The molecule has 1 aromatic rings. The van der Waals surface area contributed by atoms with E-state index in [2.05, 4.69) is 10.3 Å². The maximum atomic E-state index is 12.7. The summed E-state index contributed by atoms with van der Waals surface area (Å²) in [6.07, 6.45) is 1.73. The number of rotatable bonds is 7. The quantitative estimate of drug-likeness (QED) is 0.324. The lowest BCUT2D eigenvalue weighted by atomic mass is 10.1. The summed E-state index contributed by atoms with van der Waals surface area (Å²) in [5.74, 6) is 0.389. The van der Waals surface area contributed by atoms with Gasteiger partial charge >= 0.3 is 6.09 Å². The van der Waals surface area contributed by atoms with Crippen LogP contribution in [0.2, 0.25) is 0 Å². The topological polar surface area (TPSA) is 89.2 Å². The Labute approximate surface area is 191 Å². The van der Waals surface area contributed by atoms with Gasteiger partial charge in [-0.1, -0.05) is 12.1 Å². The SMILES string of the molecule is COCC(C)NC(N)=NCc1ccc(N(C(=O)OC(C)(C)C)C2CC2)c(C)c1.I. The van der Waals surface area contributed by atoms with Crippen LogP contribution in [0.4, 0.5) is 10.5 Å². The van der Waals surface area contributed by atoms with Crippen molar-refractivity contribution in [1.29, 1.82) is 0 Å². The number of aryl methyl sites for hydroxylation is 1. The first kappa shape index (κ1) is 25.5. The summed E-state index contributed by atoms with van der Waals surface area (Å²) >= 11 is 0. The van der Waals surface area contributed by atoms with Gasteiger partial charge in [-0.25, -0.2) is 9.79 Å². The van der Waals surface area contributed by atoms with E-state index < -0.39 is 5.60 Å². The Morgan fingerprint density at radius 3 is 2.55 bits per heavy atom. The fourth-order valence-electron chi connectivity index (χ4n) is 2.94. The average Bonchev–Trinajstić information content (AvgIpc) is 3.38. The van der Waals surface area contributed by atoms with Crippen LogP contribution in [0.1, 0.15) is 51.7 Å². The number of carbonyl (C=O) groups is 1. The number of benzene rings is 1. The summed E-state index contributed by atoms with van der Waals surface area (Å²) in [7, 11) is 1.65. The number of halogens is 1. The molecule has 164 valence electrons. The van der Waals surface area contributed by atoms with Gasteiger partial charge in [-0.3, -0.25) is 4.90 Å². The predicted molar refractivity (Wildman–Crippen MR) is 128 cm³/mol. The zero-order valence-electron chi connectivity index (χ0n) is 18.3. The van der Waals surface area contributed by atoms with E-state index in [1.165, 1.54) is 0 Å². The van der Waals surface area contributed by atoms with Crippen molar-refractivity contribution < 1.29 is 14.3 Å². The van der Waals surface area contributed by atoms with Gasteiger partial charge in [0.05, 0.1) is 18.8 Å². The standard InChI is InChI=1S/C21H34N4O3.HI/c1-14-11-16(12-23-19(22)24-15(2)13-27-6)7-10-18(14)25(17-8-9-17)20(26)28-21(3,4)5;/h7,10-11,15,17H,8-9,12-13H2,1-6H3,(H3,22,23,24);1H. The second kappa shape index (κ2) is 11.0. The van der Waals surface area contributed by atoms with Crippen molar-refractivity contribution in [2.75, 3.05) is 18.6 Å². The third-order valence-electron chi connectivity index (χ3n) is 4.27. The summed E-state index contributed by atoms with van der Waals surface area (Å²) < 4.78 is 10.7. The van der Waals surface area contributed by atoms with E-state index in [0.29, 0.717) is 19.1 Å². The first-order valence-electron chi connectivity index (χ1n) is 9.78. The summed E-state index contributed by atoms with van der Waals surface area (Å²) in [5, 5.41) is 3.09. The van der Waals surface area contributed by atoms with Gasteiger partial charge in [-0.15, -0.1) is 24.0 Å². The van der Waals surface area contributed by atoms with Crippen molar-refractivity contribution in [3.63, 3.8) is 0 Å². The number of nitrogens with one attached hydrogen (secondary N) is 1. The number of ether oxygens (including phenoxy) is 2. The molecule has 1 saturated carbocycles. The van der Waals surface area contributed by atoms with Gasteiger partial charge in [-0.05, 0) is 64.7 Å². The Morgan fingerprint density at radius 2 is 2.03 bits per heavy atom. The average molecular weight is 518 g/mol. The molecule has 1 aromatic carbocycles. The van der Waals surface area contributed by atoms with Gasteiger partial charge < -0.3 is 20.5 Å². The van der Waals surface area contributed by atoms with Crippen molar-refractivity contribution >= 4 is 41.7 Å². The molecule has 0 saturated heterocycles. The number of nitrogens with two attached hydrogens (primary N) is 1. The molecule has 1 aliphatic carbocycles. The Morgan fingerprint density at radius 1 is 1.38 bits per heavy atom. The predicted octanol–water partition coefficient (Wildman–Crippen LogP) is 3.96. The van der Waals surface area contributed by atoms with Crippen molar-refractivity contribution in [1.82, 2.24) is 5.32 Å². The Hall–Kier alpha value is -1.55. The van der Waals surface area contributed by atoms with Crippen LogP contribution in [-0.2, 0) is 16.0 Å². The first-order valence-corrected chi connectivity index (χ1v) is 9.78. The van der Waals surface area contributed by atoms with E-state index in [4.69, 9.17) is 15.2 Å². The molecule has 3 N–H and O–H groups in total. The highest BCUT2D eigenvalue weighted by atomic mass is 127. The number of hydrogen-bond acceptors (Lipinski definition) is 4. The highest BCUT2D eigenvalue weighted by molar-refractivity contribution is 14.0. The second-order valence-corrected chi connectivity index (χ2v) is 8.40. The highest BCUT2D eigenvalue weighted by Gasteiger charge is 2.37. The Kier molecular flexibility index (Phi) is 9.67. The fourth-order valence-corrected chi connectivity index (χ4v) is 2.94. The van der Waals surface area contributed by atoms with Crippen LogP contribution in [0.15, 0.2) is 23.2 Å². The van der Waals surface area contributed by atoms with Gasteiger partial charge in [0.25, 0.3) is 0 Å². The molecule has 0 aliphatic heterocycles. The van der Waals surface area contributed by atoms with Crippen LogP contribution >= 0.6 is 24.0 Å². The van der Waals surface area contributed by atoms with Crippen LogP contribution in [-0.4, -0.2) is 43.5 Å². The molecule has 0 aromatic heterocycles. The van der Waals surface area contributed by atoms with Crippen LogP contribution < -0.4 is 16.0 Å². The smallest absolute Gasteiger partial charge is 0.415 e. The molecule has 1 atom stereocenters. The van der Waals surface area contributed by atoms with Crippen molar-refractivity contribution in [3.05, 3.63) is 29.3 Å². The van der Waals surface area contributed by atoms with Crippen LogP contribution in [0, 0.1) is 6.92 Å². The number of methoxy groups -OCH3 is 1. The summed E-state index contributed by atoms with van der Waals surface area (Å²) in [4.78, 5) is 18.9. The van der Waals surface area contributed by atoms with E-state index in [1.54, 1.807) is 12.0 Å². The molecule has 0 heterocycles. The molecule has 0 bridgehead atoms. The molecule has 0 spiro atoms. The Balaban J connectivity index is 0.00000420. The summed E-state index contributed by atoms with van der Waals surface area (Å²) in [6.45, 7) is 10.7. The van der Waals surface area contributed by atoms with Crippen LogP contribution in [0.3, 0.4) is 0 Å². The normalized spacial score (nSPS) is 15.3. The van der Waals surface area contributed by atoms with Crippen molar-refractivity contribution in [3.8, 4) is 0 Å². The summed E-state index contributed by atoms with van der Waals surface area (Å²) in [5.41, 5.74) is 8.36. The minimum Gasteiger partial charge on any atom is -0.443 e. The molecule has 0 radical (unpaired) electrons. The number of aliphatic imine (C=N–C) groups is 1. The molecule has 1 amide bonds. The van der Waals surface area contributed by atoms with E-state index in [9.17, 15) is 4.79 Å². The second-order valence-electron chi connectivity index (χ2n) is 8.40. The van der Waals surface area contributed by atoms with E-state index in [1.807, 2.05) is 52.8 Å². The number of carbonyl (C=O) groups excluding carboxylic acids is 1. The molecule has 2 rings (SSSR count). The summed E-state index contributed by atoms with van der Waals surface area (Å²) in [6, 6.07) is 6.32. The van der Waals surface area contributed by atoms with Gasteiger partial charge in [0, 0.05) is 19.2 Å². The van der Waals surface area contributed by atoms with Crippen LogP contribution in [0.5, 0.6) is 0 Å². The van der Waals surface area contributed by atoms with E-state index in [-0.39, 0.29) is 42.2 Å². The monoisotopic (exact) mass is 518 g/mol.